The molecule has 0 aliphatic carbocycles. The van der Waals surface area contributed by atoms with E-state index in [0.717, 1.165) is 19.5 Å². The number of ether oxygens (including phenoxy) is 1. The summed E-state index contributed by atoms with van der Waals surface area (Å²) in [6, 6.07) is -0.0878. The highest BCUT2D eigenvalue weighted by molar-refractivity contribution is 5.76. The average molecular weight is 186 g/mol. The third-order valence-electron chi connectivity index (χ3n) is 1.98. The van der Waals surface area contributed by atoms with Crippen molar-refractivity contribution in [3.05, 3.63) is 0 Å². The van der Waals surface area contributed by atoms with E-state index in [4.69, 9.17) is 0 Å². The van der Waals surface area contributed by atoms with E-state index in [9.17, 15) is 9.59 Å². The first-order valence-corrected chi connectivity index (χ1v) is 4.33. The van der Waals surface area contributed by atoms with Crippen molar-refractivity contribution >= 4 is 12.0 Å². The van der Waals surface area contributed by atoms with Crippen molar-refractivity contribution in [2.24, 2.45) is 0 Å². The van der Waals surface area contributed by atoms with Gasteiger partial charge in [-0.15, -0.1) is 0 Å². The molecule has 1 heterocycles. The van der Waals surface area contributed by atoms with Crippen molar-refractivity contribution < 1.29 is 14.3 Å². The molecule has 1 saturated heterocycles. The Bertz CT molecular complexity index is 206. The number of carbonyl (C=O) groups is 2. The molecule has 0 radical (unpaired) electrons. The maximum atomic E-state index is 11.2. The quantitative estimate of drug-likeness (QED) is 0.629. The minimum atomic E-state index is -0.279. The van der Waals surface area contributed by atoms with Crippen LogP contribution in [0.5, 0.6) is 0 Å². The van der Waals surface area contributed by atoms with E-state index in [-0.39, 0.29) is 18.4 Å². The number of rotatable bonds is 3. The van der Waals surface area contributed by atoms with Crippen LogP contribution >= 0.6 is 0 Å². The van der Waals surface area contributed by atoms with Gasteiger partial charge in [-0.05, 0) is 6.42 Å². The van der Waals surface area contributed by atoms with E-state index in [1.165, 1.54) is 7.11 Å². The van der Waals surface area contributed by atoms with Gasteiger partial charge in [0, 0.05) is 19.6 Å². The van der Waals surface area contributed by atoms with Crippen LogP contribution in [0.3, 0.4) is 0 Å². The molecule has 1 N–H and O–H groups in total. The Morgan fingerprint density at radius 2 is 2.46 bits per heavy atom. The predicted octanol–water partition coefficient (Wildman–Crippen LogP) is -0.0352. The Balaban J connectivity index is 2.26. The molecule has 0 aromatic rings. The molecule has 13 heavy (non-hydrogen) atoms. The zero-order valence-corrected chi connectivity index (χ0v) is 7.71. The van der Waals surface area contributed by atoms with E-state index in [1.807, 2.05) is 0 Å². The Hall–Kier alpha value is -1.26. The Kier molecular flexibility index (Phi) is 3.54. The summed E-state index contributed by atoms with van der Waals surface area (Å²) in [5.41, 5.74) is 0. The summed E-state index contributed by atoms with van der Waals surface area (Å²) in [5.74, 6) is -0.279. The van der Waals surface area contributed by atoms with Gasteiger partial charge < -0.3 is 15.0 Å². The first kappa shape index (κ1) is 9.83. The van der Waals surface area contributed by atoms with Crippen molar-refractivity contribution in [3.8, 4) is 0 Å². The van der Waals surface area contributed by atoms with E-state index >= 15 is 0 Å². The van der Waals surface area contributed by atoms with Crippen LogP contribution in [0, 0.1) is 0 Å². The normalized spacial score (nSPS) is 16.7. The third-order valence-corrected chi connectivity index (χ3v) is 1.98. The molecular weight excluding hydrogens is 172 g/mol. The smallest absolute Gasteiger partial charge is 0.317 e. The molecule has 2 amide bonds. The molecule has 0 aromatic carbocycles. The molecule has 0 saturated carbocycles. The molecule has 1 fully saturated rings. The lowest BCUT2D eigenvalue weighted by Crippen LogP contribution is -2.47. The maximum absolute atomic E-state index is 11.2. The van der Waals surface area contributed by atoms with Gasteiger partial charge in [-0.1, -0.05) is 0 Å². The van der Waals surface area contributed by atoms with Crippen molar-refractivity contribution in [1.82, 2.24) is 10.2 Å². The van der Waals surface area contributed by atoms with Crippen LogP contribution in [-0.2, 0) is 9.53 Å². The second-order valence-corrected chi connectivity index (χ2v) is 2.90. The Morgan fingerprint density at radius 1 is 1.69 bits per heavy atom. The summed E-state index contributed by atoms with van der Waals surface area (Å²) in [6.07, 6.45) is 1.21. The lowest BCUT2D eigenvalue weighted by molar-refractivity contribution is -0.140. The van der Waals surface area contributed by atoms with Gasteiger partial charge in [0.25, 0.3) is 0 Å². The van der Waals surface area contributed by atoms with Crippen molar-refractivity contribution in [3.63, 3.8) is 0 Å². The second kappa shape index (κ2) is 4.69. The van der Waals surface area contributed by atoms with Crippen LogP contribution in [0.2, 0.25) is 0 Å². The fraction of sp³-hybridized carbons (Fsp3) is 0.750. The zero-order chi connectivity index (χ0) is 9.68. The van der Waals surface area contributed by atoms with E-state index in [0.29, 0.717) is 6.54 Å². The summed E-state index contributed by atoms with van der Waals surface area (Å²) in [7, 11) is 1.35. The zero-order valence-electron chi connectivity index (χ0n) is 7.71. The molecule has 0 aromatic heterocycles. The molecule has 1 aliphatic heterocycles. The minimum absolute atomic E-state index is 0.0878. The highest BCUT2D eigenvalue weighted by atomic mass is 16.5. The minimum Gasteiger partial charge on any atom is -0.469 e. The van der Waals surface area contributed by atoms with E-state index < -0.39 is 0 Å². The van der Waals surface area contributed by atoms with Crippen LogP contribution in [0.1, 0.15) is 12.8 Å². The first-order valence-electron chi connectivity index (χ1n) is 4.33. The fourth-order valence-corrected chi connectivity index (χ4v) is 1.22. The highest BCUT2D eigenvalue weighted by Gasteiger charge is 2.17. The van der Waals surface area contributed by atoms with Gasteiger partial charge in [0.15, 0.2) is 0 Å². The average Bonchev–Trinajstić information content (AvgIpc) is 2.16. The largest absolute Gasteiger partial charge is 0.469 e. The van der Waals surface area contributed by atoms with Crippen LogP contribution < -0.4 is 5.32 Å². The summed E-state index contributed by atoms with van der Waals surface area (Å²) in [4.78, 5) is 23.6. The lowest BCUT2D eigenvalue weighted by Gasteiger charge is -2.26. The SMILES string of the molecule is COC(=O)CCN1CCCNC1=O. The van der Waals surface area contributed by atoms with Crippen molar-refractivity contribution in [2.75, 3.05) is 26.7 Å². The predicted molar refractivity (Wildman–Crippen MR) is 46.2 cm³/mol. The highest BCUT2D eigenvalue weighted by Crippen LogP contribution is 2.00. The number of urea groups is 1. The fourth-order valence-electron chi connectivity index (χ4n) is 1.22. The molecule has 0 bridgehead atoms. The summed E-state index contributed by atoms with van der Waals surface area (Å²) < 4.78 is 4.48. The van der Waals surface area contributed by atoms with Crippen LogP contribution in [0.25, 0.3) is 0 Å². The number of hydrogen-bond donors (Lipinski definition) is 1. The van der Waals surface area contributed by atoms with Gasteiger partial charge >= 0.3 is 12.0 Å². The monoisotopic (exact) mass is 186 g/mol. The standard InChI is InChI=1S/C8H14N2O3/c1-13-7(11)3-6-10-5-2-4-9-8(10)12/h2-6H2,1H3,(H,9,12). The molecule has 0 spiro atoms. The molecule has 1 rings (SSSR count). The molecule has 5 nitrogen and oxygen atoms in total. The van der Waals surface area contributed by atoms with E-state index in [1.54, 1.807) is 4.90 Å². The van der Waals surface area contributed by atoms with Gasteiger partial charge in [0.05, 0.1) is 13.5 Å². The third kappa shape index (κ3) is 2.93. The Morgan fingerprint density at radius 3 is 3.08 bits per heavy atom. The molecule has 5 heteroatoms. The number of carbonyl (C=O) groups excluding carboxylic acids is 2. The van der Waals surface area contributed by atoms with Crippen LogP contribution in [-0.4, -0.2) is 43.6 Å². The van der Waals surface area contributed by atoms with Crippen molar-refractivity contribution in [1.29, 1.82) is 0 Å². The molecule has 0 atom stereocenters. The molecule has 74 valence electrons. The molecule has 1 aliphatic rings. The number of methoxy groups -OCH3 is 1. The number of hydrogen-bond acceptors (Lipinski definition) is 3. The summed E-state index contributed by atoms with van der Waals surface area (Å²) in [6.45, 7) is 1.90. The second-order valence-electron chi connectivity index (χ2n) is 2.90. The van der Waals surface area contributed by atoms with Gasteiger partial charge in [0.2, 0.25) is 0 Å². The Labute approximate surface area is 77.0 Å². The lowest BCUT2D eigenvalue weighted by atomic mass is 10.3. The van der Waals surface area contributed by atoms with Crippen LogP contribution in [0.15, 0.2) is 0 Å². The maximum Gasteiger partial charge on any atom is 0.317 e. The van der Waals surface area contributed by atoms with E-state index in [2.05, 4.69) is 10.1 Å². The van der Waals surface area contributed by atoms with Gasteiger partial charge in [-0.25, -0.2) is 4.79 Å². The molecular formula is C8H14N2O3. The van der Waals surface area contributed by atoms with Gasteiger partial charge in [0.1, 0.15) is 0 Å². The number of nitrogens with one attached hydrogen (secondary N) is 1. The number of esters is 1. The molecule has 0 unspecified atom stereocenters. The van der Waals surface area contributed by atoms with Crippen LogP contribution in [0.4, 0.5) is 4.79 Å². The summed E-state index contributed by atoms with van der Waals surface area (Å²) in [5, 5.41) is 2.71. The van der Waals surface area contributed by atoms with Gasteiger partial charge in [-0.2, -0.15) is 0 Å². The van der Waals surface area contributed by atoms with Crippen molar-refractivity contribution in [2.45, 2.75) is 12.8 Å². The number of amides is 2. The summed E-state index contributed by atoms with van der Waals surface area (Å²) >= 11 is 0. The number of nitrogens with zero attached hydrogens (tertiary/aromatic N) is 1. The first-order chi connectivity index (χ1) is 6.24. The van der Waals surface area contributed by atoms with Gasteiger partial charge in [-0.3, -0.25) is 4.79 Å². The topological polar surface area (TPSA) is 58.6 Å².